The van der Waals surface area contributed by atoms with E-state index in [4.69, 9.17) is 16.7 Å². The van der Waals surface area contributed by atoms with Crippen molar-refractivity contribution < 1.29 is 0 Å². The molecule has 0 aliphatic heterocycles. The number of nitrogens with two attached hydrogens (primary N) is 2. The number of nitrogen functional groups attached to an aromatic ring is 1. The van der Waals surface area contributed by atoms with Gasteiger partial charge in [0.1, 0.15) is 17.7 Å². The Hall–Kier alpha value is -1.96. The van der Waals surface area contributed by atoms with E-state index >= 15 is 0 Å². The van der Waals surface area contributed by atoms with Crippen LogP contribution in [-0.4, -0.2) is 17.4 Å². The highest BCUT2D eigenvalue weighted by Crippen LogP contribution is 2.26. The zero-order valence-electron chi connectivity index (χ0n) is 9.03. The number of nitrogens with one attached hydrogen (secondary N) is 1. The lowest BCUT2D eigenvalue weighted by atomic mass is 9.86. The molecule has 0 spiro atoms. The molecule has 84 valence electrons. The van der Waals surface area contributed by atoms with Crippen LogP contribution in [0.2, 0.25) is 0 Å². The maximum atomic E-state index is 8.88. The summed E-state index contributed by atoms with van der Waals surface area (Å²) in [4.78, 5) is 7.08. The summed E-state index contributed by atoms with van der Waals surface area (Å²) >= 11 is 0. The fourth-order valence-electron chi connectivity index (χ4n) is 1.79. The van der Waals surface area contributed by atoms with Crippen molar-refractivity contribution in [2.75, 3.05) is 12.3 Å². The fraction of sp³-hybridized carbons (Fsp3) is 0.455. The normalized spacial score (nSPS) is 16.8. The zero-order chi connectivity index (χ0) is 11.5. The van der Waals surface area contributed by atoms with Crippen LogP contribution in [0.1, 0.15) is 30.4 Å². The topological polar surface area (TPSA) is 104 Å². The Balaban J connectivity index is 2.15. The van der Waals surface area contributed by atoms with E-state index in [-0.39, 0.29) is 0 Å². The van der Waals surface area contributed by atoms with E-state index in [0.29, 0.717) is 28.7 Å². The number of amidine groups is 1. The average Bonchev–Trinajstić information content (AvgIpc) is 2.57. The monoisotopic (exact) mass is 217 g/mol. The molecular formula is C11H15N5. The number of aliphatic imine (C=N–C) groups is 1. The number of H-pyrrole nitrogens is 1. The maximum Gasteiger partial charge on any atom is 0.130 e. The van der Waals surface area contributed by atoms with E-state index in [1.807, 2.05) is 6.07 Å². The minimum Gasteiger partial charge on any atom is -0.385 e. The molecule has 5 nitrogen and oxygen atoms in total. The van der Waals surface area contributed by atoms with E-state index in [2.05, 4.69) is 9.98 Å². The highest BCUT2D eigenvalue weighted by Gasteiger charge is 2.18. The van der Waals surface area contributed by atoms with Gasteiger partial charge in [-0.15, -0.1) is 0 Å². The summed E-state index contributed by atoms with van der Waals surface area (Å²) in [6, 6.07) is 2.04. The number of rotatable bonds is 3. The lowest BCUT2D eigenvalue weighted by Crippen LogP contribution is -2.20. The van der Waals surface area contributed by atoms with Gasteiger partial charge in [-0.25, -0.2) is 0 Å². The standard InChI is InChI=1S/C11H15N5/c12-4-8-6-16-11(14)9(8)10(13)15-5-7-2-1-3-7/h6-7,16H,1-3,5,14H2,(H2,13,15). The highest BCUT2D eigenvalue weighted by atomic mass is 14.9. The van der Waals surface area contributed by atoms with Crippen LogP contribution in [0.4, 0.5) is 5.82 Å². The van der Waals surface area contributed by atoms with Gasteiger partial charge in [-0.1, -0.05) is 6.42 Å². The first-order valence-corrected chi connectivity index (χ1v) is 5.39. The van der Waals surface area contributed by atoms with Crippen molar-refractivity contribution in [3.63, 3.8) is 0 Å². The Morgan fingerprint density at radius 3 is 2.94 bits per heavy atom. The molecule has 1 heterocycles. The Labute approximate surface area is 94.2 Å². The third-order valence-electron chi connectivity index (χ3n) is 3.03. The summed E-state index contributed by atoms with van der Waals surface area (Å²) in [5.41, 5.74) is 12.5. The van der Waals surface area contributed by atoms with Gasteiger partial charge in [0.05, 0.1) is 11.1 Å². The number of nitriles is 1. The third-order valence-corrected chi connectivity index (χ3v) is 3.03. The Kier molecular flexibility index (Phi) is 2.82. The molecule has 0 unspecified atom stereocenters. The summed E-state index contributed by atoms with van der Waals surface area (Å²) in [5, 5.41) is 8.88. The SMILES string of the molecule is N#Cc1c[nH]c(N)c1C(N)=NCC1CCC1. The van der Waals surface area contributed by atoms with Gasteiger partial charge in [0.2, 0.25) is 0 Å². The van der Waals surface area contributed by atoms with Crippen molar-refractivity contribution in [2.24, 2.45) is 16.6 Å². The Morgan fingerprint density at radius 1 is 1.62 bits per heavy atom. The third kappa shape index (κ3) is 1.87. The summed E-state index contributed by atoms with van der Waals surface area (Å²) in [7, 11) is 0. The van der Waals surface area contributed by atoms with Crippen molar-refractivity contribution >= 4 is 11.7 Å². The molecule has 1 aromatic rings. The van der Waals surface area contributed by atoms with E-state index < -0.39 is 0 Å². The highest BCUT2D eigenvalue weighted by molar-refractivity contribution is 6.03. The average molecular weight is 217 g/mol. The second-order valence-corrected chi connectivity index (χ2v) is 4.13. The molecule has 2 rings (SSSR count). The van der Waals surface area contributed by atoms with Gasteiger partial charge >= 0.3 is 0 Å². The Morgan fingerprint density at radius 2 is 2.38 bits per heavy atom. The van der Waals surface area contributed by atoms with Crippen molar-refractivity contribution in [3.8, 4) is 6.07 Å². The first-order valence-electron chi connectivity index (χ1n) is 5.39. The second-order valence-electron chi connectivity index (χ2n) is 4.13. The largest absolute Gasteiger partial charge is 0.385 e. The van der Waals surface area contributed by atoms with Crippen molar-refractivity contribution in [1.82, 2.24) is 4.98 Å². The molecule has 5 heteroatoms. The minimum atomic E-state index is 0.363. The number of hydrogen-bond donors (Lipinski definition) is 3. The molecule has 5 N–H and O–H groups in total. The smallest absolute Gasteiger partial charge is 0.130 e. The predicted molar refractivity (Wildman–Crippen MR) is 62.9 cm³/mol. The quantitative estimate of drug-likeness (QED) is 0.519. The predicted octanol–water partition coefficient (Wildman–Crippen LogP) is 0.974. The van der Waals surface area contributed by atoms with Crippen molar-refractivity contribution in [2.45, 2.75) is 19.3 Å². The van der Waals surface area contributed by atoms with Crippen LogP contribution in [0.25, 0.3) is 0 Å². The van der Waals surface area contributed by atoms with Crippen LogP contribution in [0.15, 0.2) is 11.2 Å². The maximum absolute atomic E-state index is 8.88. The van der Waals surface area contributed by atoms with Crippen molar-refractivity contribution in [1.29, 1.82) is 5.26 Å². The molecule has 1 aliphatic rings. The minimum absolute atomic E-state index is 0.363. The number of hydrogen-bond acceptors (Lipinski definition) is 3. The van der Waals surface area contributed by atoms with Crippen LogP contribution in [0.5, 0.6) is 0 Å². The lowest BCUT2D eigenvalue weighted by Gasteiger charge is -2.23. The first-order chi connectivity index (χ1) is 7.72. The Bertz CT molecular complexity index is 447. The van der Waals surface area contributed by atoms with Gasteiger partial charge in [-0.05, 0) is 18.8 Å². The molecule has 0 bridgehead atoms. The van der Waals surface area contributed by atoms with Gasteiger partial charge in [-0.2, -0.15) is 5.26 Å². The molecule has 0 atom stereocenters. The molecule has 0 radical (unpaired) electrons. The van der Waals surface area contributed by atoms with Crippen molar-refractivity contribution in [3.05, 3.63) is 17.3 Å². The second kappa shape index (κ2) is 4.27. The van der Waals surface area contributed by atoms with Gasteiger partial charge in [0.25, 0.3) is 0 Å². The van der Waals surface area contributed by atoms with Gasteiger partial charge in [0.15, 0.2) is 0 Å². The molecule has 1 aliphatic carbocycles. The zero-order valence-corrected chi connectivity index (χ0v) is 9.03. The van der Waals surface area contributed by atoms with E-state index in [1.54, 1.807) is 6.20 Å². The summed E-state index contributed by atoms with van der Waals surface area (Å²) in [6.45, 7) is 0.737. The molecular weight excluding hydrogens is 202 g/mol. The van der Waals surface area contributed by atoms with Gasteiger partial charge < -0.3 is 16.5 Å². The van der Waals surface area contributed by atoms with E-state index in [1.165, 1.54) is 19.3 Å². The molecule has 1 aromatic heterocycles. The van der Waals surface area contributed by atoms with E-state index in [0.717, 1.165) is 6.54 Å². The summed E-state index contributed by atoms with van der Waals surface area (Å²) in [5.74, 6) is 1.43. The summed E-state index contributed by atoms with van der Waals surface area (Å²) < 4.78 is 0. The van der Waals surface area contributed by atoms with Crippen LogP contribution >= 0.6 is 0 Å². The summed E-state index contributed by atoms with van der Waals surface area (Å²) in [6.07, 6.45) is 5.29. The number of aromatic nitrogens is 1. The molecule has 0 saturated heterocycles. The number of aromatic amines is 1. The number of anilines is 1. The van der Waals surface area contributed by atoms with Crippen LogP contribution in [0, 0.1) is 17.2 Å². The van der Waals surface area contributed by atoms with Crippen LogP contribution < -0.4 is 11.5 Å². The molecule has 1 fully saturated rings. The number of nitrogens with zero attached hydrogens (tertiary/aromatic N) is 2. The van der Waals surface area contributed by atoms with Gasteiger partial charge in [0, 0.05) is 12.7 Å². The molecule has 0 amide bonds. The fourth-order valence-corrected chi connectivity index (χ4v) is 1.79. The lowest BCUT2D eigenvalue weighted by molar-refractivity contribution is 0.326. The first kappa shape index (κ1) is 10.6. The molecule has 0 aromatic carbocycles. The van der Waals surface area contributed by atoms with Gasteiger partial charge in [-0.3, -0.25) is 4.99 Å². The van der Waals surface area contributed by atoms with Crippen LogP contribution in [-0.2, 0) is 0 Å². The molecule has 16 heavy (non-hydrogen) atoms. The van der Waals surface area contributed by atoms with E-state index in [9.17, 15) is 0 Å². The van der Waals surface area contributed by atoms with Crippen LogP contribution in [0.3, 0.4) is 0 Å². The molecule has 1 saturated carbocycles.